The van der Waals surface area contributed by atoms with Crippen LogP contribution in [0.25, 0.3) is 0 Å². The number of aromatic nitrogens is 1. The zero-order valence-electron chi connectivity index (χ0n) is 9.28. The fraction of sp³-hybridized carbons (Fsp3) is 0.250. The first kappa shape index (κ1) is 12.7. The highest BCUT2D eigenvalue weighted by Gasteiger charge is 2.14. The highest BCUT2D eigenvalue weighted by Crippen LogP contribution is 2.24. The van der Waals surface area contributed by atoms with Gasteiger partial charge in [0.15, 0.2) is 0 Å². The van der Waals surface area contributed by atoms with Crippen LogP contribution in [0, 0.1) is 5.82 Å². The standard InChI is InChI=1S/C12H12BrFN2S/c1-15-11(12-6-16-7-17-12)4-8-2-3-9(13)5-10(8)14/h2-3,5-7,11,15H,4H2,1H3. The van der Waals surface area contributed by atoms with Crippen LogP contribution in [0.15, 0.2) is 34.4 Å². The predicted molar refractivity (Wildman–Crippen MR) is 71.7 cm³/mol. The molecule has 2 aromatic rings. The van der Waals surface area contributed by atoms with Gasteiger partial charge >= 0.3 is 0 Å². The summed E-state index contributed by atoms with van der Waals surface area (Å²) in [5.74, 6) is -0.177. The minimum Gasteiger partial charge on any atom is -0.312 e. The van der Waals surface area contributed by atoms with Crippen LogP contribution in [0.1, 0.15) is 16.5 Å². The molecule has 1 aromatic heterocycles. The Kier molecular flexibility index (Phi) is 4.25. The summed E-state index contributed by atoms with van der Waals surface area (Å²) in [5.41, 5.74) is 2.50. The summed E-state index contributed by atoms with van der Waals surface area (Å²) in [6.45, 7) is 0. The molecule has 0 aliphatic heterocycles. The smallest absolute Gasteiger partial charge is 0.127 e. The van der Waals surface area contributed by atoms with Crippen LogP contribution in [0.5, 0.6) is 0 Å². The molecule has 0 amide bonds. The summed E-state index contributed by atoms with van der Waals surface area (Å²) in [6, 6.07) is 5.27. The average molecular weight is 315 g/mol. The van der Waals surface area contributed by atoms with E-state index in [9.17, 15) is 4.39 Å². The number of halogens is 2. The Morgan fingerprint density at radius 1 is 1.53 bits per heavy atom. The van der Waals surface area contributed by atoms with E-state index in [4.69, 9.17) is 0 Å². The van der Waals surface area contributed by atoms with Crippen molar-refractivity contribution < 1.29 is 4.39 Å². The summed E-state index contributed by atoms with van der Waals surface area (Å²) in [7, 11) is 1.88. The summed E-state index contributed by atoms with van der Waals surface area (Å²) in [5, 5.41) is 3.19. The first-order valence-corrected chi connectivity index (χ1v) is 6.87. The first-order valence-electron chi connectivity index (χ1n) is 5.20. The number of nitrogens with zero attached hydrogens (tertiary/aromatic N) is 1. The van der Waals surface area contributed by atoms with Crippen molar-refractivity contribution in [2.24, 2.45) is 0 Å². The van der Waals surface area contributed by atoms with E-state index in [-0.39, 0.29) is 11.9 Å². The van der Waals surface area contributed by atoms with Crippen molar-refractivity contribution in [2.75, 3.05) is 7.05 Å². The van der Waals surface area contributed by atoms with Crippen LogP contribution in [0.3, 0.4) is 0 Å². The third-order valence-corrected chi connectivity index (χ3v) is 3.96. The second-order valence-electron chi connectivity index (χ2n) is 3.68. The molecule has 2 rings (SSSR count). The fourth-order valence-electron chi connectivity index (χ4n) is 1.65. The van der Waals surface area contributed by atoms with Crippen molar-refractivity contribution in [3.8, 4) is 0 Å². The molecule has 0 fully saturated rings. The van der Waals surface area contributed by atoms with Gasteiger partial charge < -0.3 is 5.32 Å². The van der Waals surface area contributed by atoms with Gasteiger partial charge in [-0.1, -0.05) is 22.0 Å². The molecule has 90 valence electrons. The lowest BCUT2D eigenvalue weighted by molar-refractivity contribution is 0.559. The third kappa shape index (κ3) is 3.12. The second-order valence-corrected chi connectivity index (χ2v) is 5.52. The maximum atomic E-state index is 13.7. The van der Waals surface area contributed by atoms with E-state index in [1.165, 1.54) is 6.07 Å². The van der Waals surface area contributed by atoms with Crippen molar-refractivity contribution in [1.82, 2.24) is 10.3 Å². The number of hydrogen-bond donors (Lipinski definition) is 1. The molecule has 0 saturated carbocycles. The number of thiazole rings is 1. The molecule has 0 radical (unpaired) electrons. The predicted octanol–water partition coefficient (Wildman–Crippen LogP) is 3.55. The van der Waals surface area contributed by atoms with E-state index in [0.717, 1.165) is 9.35 Å². The van der Waals surface area contributed by atoms with E-state index in [0.29, 0.717) is 12.0 Å². The molecule has 1 N–H and O–H groups in total. The van der Waals surface area contributed by atoms with Crippen molar-refractivity contribution in [1.29, 1.82) is 0 Å². The summed E-state index contributed by atoms with van der Waals surface area (Å²) in [4.78, 5) is 5.17. The molecule has 0 spiro atoms. The van der Waals surface area contributed by atoms with Crippen LogP contribution in [-0.2, 0) is 6.42 Å². The van der Waals surface area contributed by atoms with Crippen molar-refractivity contribution in [3.63, 3.8) is 0 Å². The molecule has 0 bridgehead atoms. The van der Waals surface area contributed by atoms with E-state index < -0.39 is 0 Å². The molecule has 17 heavy (non-hydrogen) atoms. The molecular formula is C12H12BrFN2S. The molecule has 1 unspecified atom stereocenters. The van der Waals surface area contributed by atoms with Gasteiger partial charge in [0.1, 0.15) is 5.82 Å². The summed E-state index contributed by atoms with van der Waals surface area (Å²) < 4.78 is 14.5. The van der Waals surface area contributed by atoms with Crippen LogP contribution in [-0.4, -0.2) is 12.0 Å². The molecule has 0 aliphatic rings. The Morgan fingerprint density at radius 2 is 2.35 bits per heavy atom. The van der Waals surface area contributed by atoms with Gasteiger partial charge in [-0.05, 0) is 31.2 Å². The molecule has 5 heteroatoms. The topological polar surface area (TPSA) is 24.9 Å². The number of hydrogen-bond acceptors (Lipinski definition) is 3. The molecule has 1 aromatic carbocycles. The maximum Gasteiger partial charge on any atom is 0.127 e. The molecule has 0 aliphatic carbocycles. The SMILES string of the molecule is CNC(Cc1ccc(Br)cc1F)c1cncs1. The molecular weight excluding hydrogens is 303 g/mol. The van der Waals surface area contributed by atoms with E-state index in [2.05, 4.69) is 26.2 Å². The van der Waals surface area contributed by atoms with Gasteiger partial charge in [-0.15, -0.1) is 11.3 Å². The summed E-state index contributed by atoms with van der Waals surface area (Å²) in [6.07, 6.45) is 2.44. The average Bonchev–Trinajstić information content (AvgIpc) is 2.81. The first-order chi connectivity index (χ1) is 8.20. The Balaban J connectivity index is 2.19. The van der Waals surface area contributed by atoms with E-state index in [1.807, 2.05) is 25.4 Å². The van der Waals surface area contributed by atoms with Crippen molar-refractivity contribution >= 4 is 27.3 Å². The number of benzene rings is 1. The minimum atomic E-state index is -0.177. The quantitative estimate of drug-likeness (QED) is 0.933. The van der Waals surface area contributed by atoms with Gasteiger partial charge in [-0.3, -0.25) is 4.98 Å². The number of likely N-dealkylation sites (N-methyl/N-ethyl adjacent to an activating group) is 1. The monoisotopic (exact) mass is 314 g/mol. The van der Waals surface area contributed by atoms with Gasteiger partial charge in [0.25, 0.3) is 0 Å². The Hall–Kier alpha value is -0.780. The van der Waals surface area contributed by atoms with Crippen LogP contribution in [0.2, 0.25) is 0 Å². The van der Waals surface area contributed by atoms with Crippen molar-refractivity contribution in [2.45, 2.75) is 12.5 Å². The lowest BCUT2D eigenvalue weighted by Crippen LogP contribution is -2.18. The van der Waals surface area contributed by atoms with Gasteiger partial charge in [0, 0.05) is 21.6 Å². The zero-order chi connectivity index (χ0) is 12.3. The number of nitrogens with one attached hydrogen (secondary N) is 1. The number of rotatable bonds is 4. The van der Waals surface area contributed by atoms with Crippen LogP contribution in [0.4, 0.5) is 4.39 Å². The highest BCUT2D eigenvalue weighted by atomic mass is 79.9. The van der Waals surface area contributed by atoms with Crippen LogP contribution >= 0.6 is 27.3 Å². The largest absolute Gasteiger partial charge is 0.312 e. The molecule has 1 heterocycles. The Bertz CT molecular complexity index is 487. The Morgan fingerprint density at radius 3 is 2.94 bits per heavy atom. The summed E-state index contributed by atoms with van der Waals surface area (Å²) >= 11 is 4.83. The van der Waals surface area contributed by atoms with Crippen molar-refractivity contribution in [3.05, 3.63) is 50.6 Å². The normalized spacial score (nSPS) is 12.6. The fourth-order valence-corrected chi connectivity index (χ4v) is 2.71. The highest BCUT2D eigenvalue weighted by molar-refractivity contribution is 9.10. The lowest BCUT2D eigenvalue weighted by Gasteiger charge is -2.14. The van der Waals surface area contributed by atoms with E-state index >= 15 is 0 Å². The molecule has 0 saturated heterocycles. The van der Waals surface area contributed by atoms with Gasteiger partial charge in [0.2, 0.25) is 0 Å². The van der Waals surface area contributed by atoms with Crippen LogP contribution < -0.4 is 5.32 Å². The Labute approximate surface area is 112 Å². The zero-order valence-corrected chi connectivity index (χ0v) is 11.7. The van der Waals surface area contributed by atoms with Gasteiger partial charge in [-0.2, -0.15) is 0 Å². The third-order valence-electron chi connectivity index (χ3n) is 2.58. The van der Waals surface area contributed by atoms with E-state index in [1.54, 1.807) is 16.8 Å². The van der Waals surface area contributed by atoms with Gasteiger partial charge in [-0.25, -0.2) is 4.39 Å². The molecule has 2 nitrogen and oxygen atoms in total. The van der Waals surface area contributed by atoms with Gasteiger partial charge in [0.05, 0.1) is 5.51 Å². The maximum absolute atomic E-state index is 13.7. The second kappa shape index (κ2) is 5.71. The lowest BCUT2D eigenvalue weighted by atomic mass is 10.0. The molecule has 1 atom stereocenters. The minimum absolute atomic E-state index is 0.109.